The number of benzene rings is 1. The lowest BCUT2D eigenvalue weighted by Crippen LogP contribution is -2.38. The van der Waals surface area contributed by atoms with E-state index in [9.17, 15) is 0 Å². The third-order valence-electron chi connectivity index (χ3n) is 5.02. The Hall–Kier alpha value is -3.01. The molecule has 1 aromatic carbocycles. The molecule has 0 atom stereocenters. The second kappa shape index (κ2) is 8.39. The number of pyridine rings is 1. The van der Waals surface area contributed by atoms with Crippen molar-refractivity contribution in [3.63, 3.8) is 0 Å². The van der Waals surface area contributed by atoms with E-state index >= 15 is 0 Å². The van der Waals surface area contributed by atoms with E-state index in [1.54, 1.807) is 6.20 Å². The average molecular weight is 423 g/mol. The minimum Gasteiger partial charge on any atom is -0.457 e. The zero-order valence-corrected chi connectivity index (χ0v) is 17.2. The third kappa shape index (κ3) is 4.28. The summed E-state index contributed by atoms with van der Waals surface area (Å²) in [6.07, 6.45) is 5.62. The van der Waals surface area contributed by atoms with E-state index in [1.807, 2.05) is 47.4 Å². The predicted molar refractivity (Wildman–Crippen MR) is 117 cm³/mol. The summed E-state index contributed by atoms with van der Waals surface area (Å²) < 4.78 is 14.4. The molecule has 0 bridgehead atoms. The van der Waals surface area contributed by atoms with Crippen molar-refractivity contribution in [2.24, 2.45) is 0 Å². The van der Waals surface area contributed by atoms with E-state index in [1.165, 1.54) is 11.3 Å². The number of aromatic nitrogens is 4. The van der Waals surface area contributed by atoms with Gasteiger partial charge in [-0.1, -0.05) is 11.3 Å². The van der Waals surface area contributed by atoms with Crippen LogP contribution in [0.1, 0.15) is 0 Å². The highest BCUT2D eigenvalue weighted by Gasteiger charge is 2.11. The molecule has 8 nitrogen and oxygen atoms in total. The van der Waals surface area contributed by atoms with E-state index in [0.29, 0.717) is 5.13 Å². The standard InChI is InChI=1S/C21H22N6O2S/c22-21-25-18-2-1-16(12-20(18)30-21)29-17-3-4-23-19(11-17)15-13-24-27(14-15)6-5-26-7-9-28-10-8-26/h1-4,11-14H,5-10H2,(H2,22,25). The van der Waals surface area contributed by atoms with Crippen molar-refractivity contribution in [1.82, 2.24) is 24.6 Å². The maximum absolute atomic E-state index is 6.04. The highest BCUT2D eigenvalue weighted by Crippen LogP contribution is 2.31. The van der Waals surface area contributed by atoms with Crippen molar-refractivity contribution < 1.29 is 9.47 Å². The fraction of sp³-hybridized carbons (Fsp3) is 0.286. The first-order valence-corrected chi connectivity index (χ1v) is 10.7. The second-order valence-corrected chi connectivity index (χ2v) is 8.17. The fourth-order valence-electron chi connectivity index (χ4n) is 3.44. The van der Waals surface area contributed by atoms with Gasteiger partial charge in [0.1, 0.15) is 11.5 Å². The van der Waals surface area contributed by atoms with Crippen LogP contribution >= 0.6 is 11.3 Å². The molecule has 5 rings (SSSR count). The van der Waals surface area contributed by atoms with Gasteiger partial charge in [0.2, 0.25) is 0 Å². The lowest BCUT2D eigenvalue weighted by molar-refractivity contribution is 0.0360. The Morgan fingerprint density at radius 1 is 1.10 bits per heavy atom. The summed E-state index contributed by atoms with van der Waals surface area (Å²) in [5.74, 6) is 1.46. The van der Waals surface area contributed by atoms with E-state index in [0.717, 1.165) is 72.4 Å². The largest absolute Gasteiger partial charge is 0.457 e. The topological polar surface area (TPSA) is 91.3 Å². The molecule has 4 aromatic rings. The number of nitrogens with two attached hydrogens (primary N) is 1. The van der Waals surface area contributed by atoms with Crippen molar-refractivity contribution in [2.45, 2.75) is 6.54 Å². The van der Waals surface area contributed by atoms with E-state index in [2.05, 4.69) is 20.0 Å². The maximum atomic E-state index is 6.04. The predicted octanol–water partition coefficient (Wildman–Crippen LogP) is 3.26. The Balaban J connectivity index is 1.27. The molecule has 0 unspecified atom stereocenters. The molecule has 0 radical (unpaired) electrons. The summed E-state index contributed by atoms with van der Waals surface area (Å²) in [7, 11) is 0. The number of anilines is 1. The number of hydrogen-bond acceptors (Lipinski definition) is 8. The fourth-order valence-corrected chi connectivity index (χ4v) is 4.20. The number of nitrogen functional groups attached to an aromatic ring is 1. The first-order valence-electron chi connectivity index (χ1n) is 9.86. The number of ether oxygens (including phenoxy) is 2. The molecule has 30 heavy (non-hydrogen) atoms. The number of hydrogen-bond donors (Lipinski definition) is 1. The van der Waals surface area contributed by atoms with Gasteiger partial charge in [0, 0.05) is 49.7 Å². The highest BCUT2D eigenvalue weighted by molar-refractivity contribution is 7.22. The van der Waals surface area contributed by atoms with Crippen LogP contribution in [0.5, 0.6) is 11.5 Å². The van der Waals surface area contributed by atoms with E-state index < -0.39 is 0 Å². The van der Waals surface area contributed by atoms with Crippen molar-refractivity contribution in [1.29, 1.82) is 0 Å². The number of rotatable bonds is 6. The number of nitrogens with zero attached hydrogens (tertiary/aromatic N) is 5. The van der Waals surface area contributed by atoms with Crippen LogP contribution in [0.2, 0.25) is 0 Å². The smallest absolute Gasteiger partial charge is 0.181 e. The molecular weight excluding hydrogens is 400 g/mol. The normalized spacial score (nSPS) is 14.9. The van der Waals surface area contributed by atoms with Crippen LogP contribution in [0.3, 0.4) is 0 Å². The molecule has 3 aromatic heterocycles. The number of morpholine rings is 1. The molecule has 9 heteroatoms. The number of thiazole rings is 1. The van der Waals surface area contributed by atoms with Crippen LogP contribution in [0.25, 0.3) is 21.5 Å². The minimum absolute atomic E-state index is 0.555. The third-order valence-corrected chi connectivity index (χ3v) is 5.87. The Bertz CT molecular complexity index is 1150. The maximum Gasteiger partial charge on any atom is 0.181 e. The Kier molecular flexibility index (Phi) is 5.31. The summed E-state index contributed by atoms with van der Waals surface area (Å²) >= 11 is 1.45. The highest BCUT2D eigenvalue weighted by atomic mass is 32.1. The molecule has 0 spiro atoms. The molecular formula is C21H22N6O2S. The van der Waals surface area contributed by atoms with E-state index in [-0.39, 0.29) is 0 Å². The quantitative estimate of drug-likeness (QED) is 0.510. The average Bonchev–Trinajstić information content (AvgIpc) is 3.39. The zero-order valence-electron chi connectivity index (χ0n) is 16.4. The van der Waals surface area contributed by atoms with Gasteiger partial charge in [0.25, 0.3) is 0 Å². The van der Waals surface area contributed by atoms with Crippen LogP contribution in [-0.4, -0.2) is 57.5 Å². The lowest BCUT2D eigenvalue weighted by Gasteiger charge is -2.26. The first-order chi connectivity index (χ1) is 14.7. The molecule has 1 fully saturated rings. The molecule has 1 aliphatic heterocycles. The van der Waals surface area contributed by atoms with Gasteiger partial charge in [-0.2, -0.15) is 5.10 Å². The summed E-state index contributed by atoms with van der Waals surface area (Å²) in [5.41, 5.74) is 8.46. The second-order valence-electron chi connectivity index (χ2n) is 7.11. The lowest BCUT2D eigenvalue weighted by atomic mass is 10.2. The molecule has 2 N–H and O–H groups in total. The van der Waals surface area contributed by atoms with Crippen LogP contribution in [0, 0.1) is 0 Å². The van der Waals surface area contributed by atoms with Crippen molar-refractivity contribution in [2.75, 3.05) is 38.6 Å². The minimum atomic E-state index is 0.555. The van der Waals surface area contributed by atoms with Crippen molar-refractivity contribution >= 4 is 26.7 Å². The van der Waals surface area contributed by atoms with Crippen LogP contribution in [0.15, 0.2) is 48.9 Å². The Morgan fingerprint density at radius 2 is 1.97 bits per heavy atom. The van der Waals surface area contributed by atoms with Gasteiger partial charge >= 0.3 is 0 Å². The van der Waals surface area contributed by atoms with Gasteiger partial charge < -0.3 is 15.2 Å². The summed E-state index contributed by atoms with van der Waals surface area (Å²) in [6.45, 7) is 5.39. The van der Waals surface area contributed by atoms with Gasteiger partial charge in [0.15, 0.2) is 5.13 Å². The molecule has 1 saturated heterocycles. The van der Waals surface area contributed by atoms with Crippen LogP contribution < -0.4 is 10.5 Å². The molecule has 0 amide bonds. The SMILES string of the molecule is Nc1nc2ccc(Oc3ccnc(-c4cnn(CCN5CCOCC5)c4)c3)cc2s1. The first kappa shape index (κ1) is 19.0. The van der Waals surface area contributed by atoms with Crippen LogP contribution in [-0.2, 0) is 11.3 Å². The molecule has 4 heterocycles. The van der Waals surface area contributed by atoms with E-state index in [4.69, 9.17) is 15.2 Å². The summed E-state index contributed by atoms with van der Waals surface area (Å²) in [5, 5.41) is 5.04. The van der Waals surface area contributed by atoms with Crippen molar-refractivity contribution in [3.05, 3.63) is 48.9 Å². The molecule has 154 valence electrons. The van der Waals surface area contributed by atoms with Gasteiger partial charge in [-0.25, -0.2) is 4.98 Å². The Morgan fingerprint density at radius 3 is 2.87 bits per heavy atom. The number of fused-ring (bicyclic) bond motifs is 1. The van der Waals surface area contributed by atoms with Crippen LogP contribution in [0.4, 0.5) is 5.13 Å². The monoisotopic (exact) mass is 422 g/mol. The molecule has 0 aliphatic carbocycles. The summed E-state index contributed by atoms with van der Waals surface area (Å²) in [4.78, 5) is 11.2. The molecule has 1 aliphatic rings. The van der Waals surface area contributed by atoms with Gasteiger partial charge in [-0.3, -0.25) is 14.6 Å². The zero-order chi connectivity index (χ0) is 20.3. The van der Waals surface area contributed by atoms with Crippen molar-refractivity contribution in [3.8, 4) is 22.8 Å². The molecule has 0 saturated carbocycles. The van der Waals surface area contributed by atoms with Gasteiger partial charge in [-0.05, 0) is 18.2 Å². The van der Waals surface area contributed by atoms with Gasteiger partial charge in [-0.15, -0.1) is 0 Å². The van der Waals surface area contributed by atoms with Gasteiger partial charge in [0.05, 0.1) is 41.9 Å². The Labute approximate surface area is 177 Å². The summed E-state index contributed by atoms with van der Waals surface area (Å²) in [6, 6.07) is 9.53.